The second kappa shape index (κ2) is 2.98. The molecule has 0 bridgehead atoms. The van der Waals surface area contributed by atoms with Gasteiger partial charge in [-0.15, -0.1) is 0 Å². The molecule has 1 aliphatic heterocycles. The predicted octanol–water partition coefficient (Wildman–Crippen LogP) is -0.330. The lowest BCUT2D eigenvalue weighted by Crippen LogP contribution is -2.50. The Morgan fingerprint density at radius 2 is 2.50 bits per heavy atom. The zero-order valence-electron chi connectivity index (χ0n) is 6.00. The maximum atomic E-state index is 10.4. The van der Waals surface area contributed by atoms with Gasteiger partial charge in [-0.25, -0.2) is 10.4 Å². The van der Waals surface area contributed by atoms with Gasteiger partial charge in [-0.05, 0) is 12.8 Å². The molecule has 0 aromatic carbocycles. The van der Waals surface area contributed by atoms with E-state index >= 15 is 0 Å². The van der Waals surface area contributed by atoms with Gasteiger partial charge < -0.3 is 5.11 Å². The van der Waals surface area contributed by atoms with E-state index < -0.39 is 5.97 Å². The third-order valence-corrected chi connectivity index (χ3v) is 1.66. The fourth-order valence-electron chi connectivity index (χ4n) is 1.11. The van der Waals surface area contributed by atoms with E-state index in [2.05, 4.69) is 5.43 Å². The van der Waals surface area contributed by atoms with E-state index in [1.807, 2.05) is 12.1 Å². The van der Waals surface area contributed by atoms with Crippen molar-refractivity contribution >= 4 is 5.97 Å². The van der Waals surface area contributed by atoms with Crippen LogP contribution in [-0.2, 0) is 4.79 Å². The number of nitrogens with zero attached hydrogens (tertiary/aromatic N) is 1. The lowest BCUT2D eigenvalue weighted by atomic mass is 10.1. The predicted molar refractivity (Wildman–Crippen MR) is 36.4 cm³/mol. The molecule has 1 aliphatic rings. The minimum absolute atomic E-state index is 0.376. The van der Waals surface area contributed by atoms with Gasteiger partial charge in [-0.2, -0.15) is 0 Å². The molecule has 0 aliphatic carbocycles. The molecule has 0 radical (unpaired) electrons. The molecule has 1 atom stereocenters. The molecule has 4 heteroatoms. The first-order chi connectivity index (χ1) is 4.70. The van der Waals surface area contributed by atoms with Gasteiger partial charge in [0.05, 0.1) is 0 Å². The van der Waals surface area contributed by atoms with Gasteiger partial charge in [0.15, 0.2) is 0 Å². The van der Waals surface area contributed by atoms with Crippen molar-refractivity contribution in [1.82, 2.24) is 10.4 Å². The highest BCUT2D eigenvalue weighted by Gasteiger charge is 2.21. The molecule has 0 spiro atoms. The maximum Gasteiger partial charge on any atom is 0.322 e. The summed E-state index contributed by atoms with van der Waals surface area (Å²) in [6.07, 6.45) is 1.69. The second-order valence-electron chi connectivity index (χ2n) is 2.58. The summed E-state index contributed by atoms with van der Waals surface area (Å²) in [6, 6.07) is -0.376. The zero-order chi connectivity index (χ0) is 7.56. The molecule has 4 nitrogen and oxygen atoms in total. The van der Waals surface area contributed by atoms with E-state index in [4.69, 9.17) is 5.11 Å². The first kappa shape index (κ1) is 7.50. The lowest BCUT2D eigenvalue weighted by Gasteiger charge is -2.28. The third-order valence-electron chi connectivity index (χ3n) is 1.66. The van der Waals surface area contributed by atoms with Crippen LogP contribution in [0.5, 0.6) is 0 Å². The molecule has 0 saturated carbocycles. The van der Waals surface area contributed by atoms with Crippen LogP contribution in [0, 0.1) is 0 Å². The van der Waals surface area contributed by atoms with Gasteiger partial charge in [-0.3, -0.25) is 4.79 Å². The molecule has 0 aromatic rings. The molecule has 1 fully saturated rings. The summed E-state index contributed by atoms with van der Waals surface area (Å²) in [5.74, 6) is -0.758. The van der Waals surface area contributed by atoms with Crippen molar-refractivity contribution in [2.45, 2.75) is 18.9 Å². The highest BCUT2D eigenvalue weighted by atomic mass is 16.4. The van der Waals surface area contributed by atoms with Crippen LogP contribution in [0.3, 0.4) is 0 Å². The standard InChI is InChI=1S/C6H12N2O2/c1-8-4-2-3-5(7-8)6(9)10/h5,7H,2-4H2,1H3,(H,9,10)/t5-/m0/s1. The van der Waals surface area contributed by atoms with E-state index in [1.165, 1.54) is 0 Å². The van der Waals surface area contributed by atoms with Crippen LogP contribution in [0.25, 0.3) is 0 Å². The lowest BCUT2D eigenvalue weighted by molar-refractivity contribution is -0.142. The fourth-order valence-corrected chi connectivity index (χ4v) is 1.11. The Balaban J connectivity index is 2.39. The minimum atomic E-state index is -0.758. The Kier molecular flexibility index (Phi) is 2.24. The van der Waals surface area contributed by atoms with Crippen LogP contribution in [0.2, 0.25) is 0 Å². The largest absolute Gasteiger partial charge is 0.480 e. The molecule has 2 N–H and O–H groups in total. The molecular formula is C6H12N2O2. The van der Waals surface area contributed by atoms with Gasteiger partial charge in [0, 0.05) is 13.6 Å². The van der Waals surface area contributed by atoms with E-state index in [0.29, 0.717) is 0 Å². The molecular weight excluding hydrogens is 132 g/mol. The molecule has 0 amide bonds. The van der Waals surface area contributed by atoms with Crippen molar-refractivity contribution in [3.05, 3.63) is 0 Å². The summed E-state index contributed by atoms with van der Waals surface area (Å²) in [4.78, 5) is 10.4. The first-order valence-electron chi connectivity index (χ1n) is 3.40. The number of hydrogen-bond donors (Lipinski definition) is 2. The Hall–Kier alpha value is -0.610. The third kappa shape index (κ3) is 1.68. The summed E-state index contributed by atoms with van der Waals surface area (Å²) in [5.41, 5.74) is 2.85. The monoisotopic (exact) mass is 144 g/mol. The number of carboxylic acids is 1. The van der Waals surface area contributed by atoms with Crippen LogP contribution in [0.1, 0.15) is 12.8 Å². The summed E-state index contributed by atoms with van der Waals surface area (Å²) in [6.45, 7) is 0.934. The van der Waals surface area contributed by atoms with E-state index in [9.17, 15) is 4.79 Å². The van der Waals surface area contributed by atoms with Crippen LogP contribution >= 0.6 is 0 Å². The van der Waals surface area contributed by atoms with Gasteiger partial charge in [-0.1, -0.05) is 0 Å². The van der Waals surface area contributed by atoms with Crippen LogP contribution in [0.15, 0.2) is 0 Å². The highest BCUT2D eigenvalue weighted by molar-refractivity contribution is 5.73. The van der Waals surface area contributed by atoms with Crippen molar-refractivity contribution in [1.29, 1.82) is 0 Å². The molecule has 10 heavy (non-hydrogen) atoms. The number of nitrogens with one attached hydrogen (secondary N) is 1. The number of aliphatic carboxylic acids is 1. The number of carbonyl (C=O) groups is 1. The van der Waals surface area contributed by atoms with Gasteiger partial charge >= 0.3 is 5.97 Å². The van der Waals surface area contributed by atoms with Crippen LogP contribution in [0.4, 0.5) is 0 Å². The summed E-state index contributed by atoms with van der Waals surface area (Å²) in [5, 5.41) is 10.4. The maximum absolute atomic E-state index is 10.4. The van der Waals surface area contributed by atoms with E-state index in [1.54, 1.807) is 0 Å². The molecule has 1 rings (SSSR count). The number of hydrogen-bond acceptors (Lipinski definition) is 3. The van der Waals surface area contributed by atoms with Crippen molar-refractivity contribution < 1.29 is 9.90 Å². The van der Waals surface area contributed by atoms with Crippen LogP contribution in [-0.4, -0.2) is 35.7 Å². The van der Waals surface area contributed by atoms with Crippen LogP contribution < -0.4 is 5.43 Å². The van der Waals surface area contributed by atoms with Gasteiger partial charge in [0.1, 0.15) is 6.04 Å². The average molecular weight is 144 g/mol. The summed E-state index contributed by atoms with van der Waals surface area (Å²) >= 11 is 0. The normalized spacial score (nSPS) is 28.3. The SMILES string of the molecule is CN1CCC[C@@H](C(=O)O)N1. The van der Waals surface area contributed by atoms with E-state index in [0.717, 1.165) is 19.4 Å². The Labute approximate surface area is 59.8 Å². The molecule has 0 unspecified atom stereocenters. The Morgan fingerprint density at radius 3 is 2.90 bits per heavy atom. The first-order valence-corrected chi connectivity index (χ1v) is 3.40. The van der Waals surface area contributed by atoms with Crippen molar-refractivity contribution in [2.24, 2.45) is 0 Å². The zero-order valence-corrected chi connectivity index (χ0v) is 6.00. The summed E-state index contributed by atoms with van der Waals surface area (Å²) < 4.78 is 0. The second-order valence-corrected chi connectivity index (χ2v) is 2.58. The quantitative estimate of drug-likeness (QED) is 0.529. The van der Waals surface area contributed by atoms with E-state index in [-0.39, 0.29) is 6.04 Å². The molecule has 1 saturated heterocycles. The molecule has 0 aromatic heterocycles. The van der Waals surface area contributed by atoms with Gasteiger partial charge in [0.2, 0.25) is 0 Å². The van der Waals surface area contributed by atoms with Crippen molar-refractivity contribution in [3.8, 4) is 0 Å². The Morgan fingerprint density at radius 1 is 1.80 bits per heavy atom. The minimum Gasteiger partial charge on any atom is -0.480 e. The molecule has 58 valence electrons. The summed E-state index contributed by atoms with van der Waals surface area (Å²) in [7, 11) is 1.86. The highest BCUT2D eigenvalue weighted by Crippen LogP contribution is 2.04. The van der Waals surface area contributed by atoms with Crippen molar-refractivity contribution in [3.63, 3.8) is 0 Å². The van der Waals surface area contributed by atoms with Crippen molar-refractivity contribution in [2.75, 3.05) is 13.6 Å². The number of carboxylic acid groups (broad SMARTS) is 1. The molecule has 1 heterocycles. The van der Waals surface area contributed by atoms with Gasteiger partial charge in [0.25, 0.3) is 0 Å². The topological polar surface area (TPSA) is 52.6 Å². The number of hydrazine groups is 1. The Bertz CT molecular complexity index is 138. The number of rotatable bonds is 1. The fraction of sp³-hybridized carbons (Fsp3) is 0.833. The smallest absolute Gasteiger partial charge is 0.322 e. The average Bonchev–Trinajstić information content (AvgIpc) is 1.88.